The Hall–Kier alpha value is -2.52. The number of amidine groups is 2. The average molecular weight is 404 g/mol. The van der Waals surface area contributed by atoms with E-state index in [1.807, 2.05) is 0 Å². The summed E-state index contributed by atoms with van der Waals surface area (Å²) >= 11 is 0. The number of phenols is 1. The van der Waals surface area contributed by atoms with Crippen molar-refractivity contribution in [2.24, 2.45) is 0 Å². The Morgan fingerprint density at radius 3 is 1.59 bits per heavy atom. The molecule has 1 N–H and O–H groups in total. The highest BCUT2D eigenvalue weighted by Gasteiger charge is 2.62. The van der Waals surface area contributed by atoms with Crippen LogP contribution in [0.1, 0.15) is 66.5 Å². The van der Waals surface area contributed by atoms with Gasteiger partial charge in [0.15, 0.2) is 11.1 Å². The number of aromatic hydroxyl groups is 1. The van der Waals surface area contributed by atoms with Gasteiger partial charge in [0.05, 0.1) is 5.56 Å². The van der Waals surface area contributed by atoms with E-state index in [9.17, 15) is 25.9 Å². The maximum absolute atomic E-state index is 12.9. The maximum atomic E-state index is 12.9. The molecule has 0 aliphatic carbocycles. The summed E-state index contributed by atoms with van der Waals surface area (Å²) in [5.74, 6) is -0.675. The maximum Gasteiger partial charge on any atom is 0.320 e. The van der Waals surface area contributed by atoms with Gasteiger partial charge in [0.25, 0.3) is 0 Å². The van der Waals surface area contributed by atoms with Crippen molar-refractivity contribution >= 4 is 11.7 Å². The van der Waals surface area contributed by atoms with Crippen molar-refractivity contribution in [3.63, 3.8) is 0 Å². The Balaban J connectivity index is 2.22. The van der Waals surface area contributed by atoms with Gasteiger partial charge in [-0.2, -0.15) is 0 Å². The number of phenolic OH excluding ortho intramolecular Hbond substituents is 1. The van der Waals surface area contributed by atoms with Crippen LogP contribution in [0.3, 0.4) is 0 Å². The van der Waals surface area contributed by atoms with Crippen molar-refractivity contribution in [3.8, 4) is 5.75 Å². The van der Waals surface area contributed by atoms with Crippen LogP contribution in [0, 0.1) is 10.4 Å². The Morgan fingerprint density at radius 2 is 1.21 bits per heavy atom. The van der Waals surface area contributed by atoms with E-state index in [2.05, 4.69) is 0 Å². The standard InChI is InChI=1S/C20H28N4O5/c1-17(2)18(3,4)22(27)15(21(17)26)12-9-10-14(25)13(11-12)16-23(28)19(5,6)20(7,8)24(16)29/h9-11,25H,1-8H3. The quantitative estimate of drug-likeness (QED) is 0.599. The van der Waals surface area contributed by atoms with E-state index in [0.717, 1.165) is 0 Å². The third-order valence-electron chi connectivity index (χ3n) is 7.29. The zero-order valence-electron chi connectivity index (χ0n) is 18.1. The molecule has 3 rings (SSSR count). The smallest absolute Gasteiger partial charge is 0.320 e. The fourth-order valence-electron chi connectivity index (χ4n) is 3.53. The third kappa shape index (κ3) is 2.40. The molecule has 0 fully saturated rings. The number of nitrogens with zero attached hydrogens (tertiary/aromatic N) is 4. The summed E-state index contributed by atoms with van der Waals surface area (Å²) in [6.45, 7) is 13.3. The van der Waals surface area contributed by atoms with Gasteiger partial charge in [0, 0.05) is 10.4 Å². The van der Waals surface area contributed by atoms with Gasteiger partial charge in [-0.25, -0.2) is 0 Å². The molecule has 9 heteroatoms. The van der Waals surface area contributed by atoms with Crippen LogP contribution in [0.2, 0.25) is 0 Å². The number of hydrogen-bond acceptors (Lipinski definition) is 5. The fraction of sp³-hybridized carbons (Fsp3) is 0.600. The van der Waals surface area contributed by atoms with Gasteiger partial charge in [-0.05, 0) is 73.6 Å². The molecule has 29 heavy (non-hydrogen) atoms. The molecule has 0 bridgehead atoms. The summed E-state index contributed by atoms with van der Waals surface area (Å²) in [7, 11) is 0. The Labute approximate surface area is 170 Å². The van der Waals surface area contributed by atoms with E-state index < -0.39 is 22.2 Å². The van der Waals surface area contributed by atoms with Gasteiger partial charge < -0.3 is 15.5 Å². The average Bonchev–Trinajstić information content (AvgIpc) is 2.81. The number of benzene rings is 1. The van der Waals surface area contributed by atoms with Gasteiger partial charge in [-0.3, -0.25) is 9.48 Å². The molecule has 2 aliphatic rings. The van der Waals surface area contributed by atoms with E-state index in [1.54, 1.807) is 55.4 Å². The molecule has 2 heterocycles. The first-order valence-corrected chi connectivity index (χ1v) is 9.48. The second-order valence-corrected chi connectivity index (χ2v) is 9.79. The Morgan fingerprint density at radius 1 is 0.793 bits per heavy atom. The molecule has 2 aliphatic heterocycles. The van der Waals surface area contributed by atoms with E-state index in [4.69, 9.17) is 0 Å². The molecule has 0 saturated carbocycles. The van der Waals surface area contributed by atoms with Crippen molar-refractivity contribution in [2.45, 2.75) is 77.5 Å². The highest BCUT2D eigenvalue weighted by atomic mass is 16.5. The van der Waals surface area contributed by atoms with Crippen LogP contribution in [0.4, 0.5) is 0 Å². The molecule has 1 aromatic rings. The van der Waals surface area contributed by atoms with E-state index in [-0.39, 0.29) is 28.5 Å². The van der Waals surface area contributed by atoms with Gasteiger partial charge in [0.1, 0.15) is 22.4 Å². The second kappa shape index (κ2) is 5.76. The summed E-state index contributed by atoms with van der Waals surface area (Å²) in [6, 6.07) is 4.06. The highest BCUT2D eigenvalue weighted by Crippen LogP contribution is 2.40. The van der Waals surface area contributed by atoms with Crippen LogP contribution in [0.25, 0.3) is 0 Å². The molecule has 0 aromatic heterocycles. The van der Waals surface area contributed by atoms with Crippen LogP contribution in [0.15, 0.2) is 18.2 Å². The molecule has 0 saturated heterocycles. The minimum absolute atomic E-state index is 0.0250. The van der Waals surface area contributed by atoms with Gasteiger partial charge in [-0.15, -0.1) is 0 Å². The van der Waals surface area contributed by atoms with Crippen LogP contribution in [-0.2, 0) is 10.4 Å². The van der Waals surface area contributed by atoms with E-state index in [1.165, 1.54) is 18.2 Å². The predicted octanol–water partition coefficient (Wildman–Crippen LogP) is 2.34. The summed E-state index contributed by atoms with van der Waals surface area (Å²) in [5.41, 5.74) is -3.96. The summed E-state index contributed by atoms with van der Waals surface area (Å²) in [5, 5.41) is 63.4. The minimum Gasteiger partial charge on any atom is -0.714 e. The van der Waals surface area contributed by atoms with Gasteiger partial charge >= 0.3 is 11.7 Å². The van der Waals surface area contributed by atoms with Crippen LogP contribution >= 0.6 is 0 Å². The van der Waals surface area contributed by atoms with Crippen molar-refractivity contribution in [2.75, 3.05) is 0 Å². The molecule has 9 nitrogen and oxygen atoms in total. The second-order valence-electron chi connectivity index (χ2n) is 9.79. The molecule has 0 amide bonds. The number of hydrogen-bond donors (Lipinski definition) is 1. The van der Waals surface area contributed by atoms with Gasteiger partial charge in [-0.1, -0.05) is 10.1 Å². The first-order valence-electron chi connectivity index (χ1n) is 9.48. The van der Waals surface area contributed by atoms with Crippen LogP contribution in [0.5, 0.6) is 5.75 Å². The summed E-state index contributed by atoms with van der Waals surface area (Å²) in [4.78, 5) is 0. The molecule has 1 aromatic carbocycles. The lowest BCUT2D eigenvalue weighted by Crippen LogP contribution is -2.53. The zero-order chi connectivity index (χ0) is 22.3. The van der Waals surface area contributed by atoms with Crippen LogP contribution < -0.4 is 0 Å². The summed E-state index contributed by atoms with van der Waals surface area (Å²) in [6.07, 6.45) is 0. The molecule has 2 radical (unpaired) electrons. The normalized spacial score (nSPS) is 24.6. The highest BCUT2D eigenvalue weighted by molar-refractivity contribution is 6.03. The van der Waals surface area contributed by atoms with Crippen molar-refractivity contribution in [1.82, 2.24) is 10.1 Å². The van der Waals surface area contributed by atoms with Crippen molar-refractivity contribution < 1.29 is 25.0 Å². The SMILES string of the molecule is CC1(C)N([O])C(c2ccc(O)c(C3=[N+]([O-])C(C)(C)C(C)(C)N3[O])c2)=[N+]([O-])C1(C)C. The van der Waals surface area contributed by atoms with Crippen LogP contribution in [-0.4, -0.2) is 58.5 Å². The lowest BCUT2D eigenvalue weighted by atomic mass is 9.84. The molecular weight excluding hydrogens is 376 g/mol. The topological polar surface area (TPSA) is 119 Å². The number of hydroxylamine groups is 6. The zero-order valence-corrected chi connectivity index (χ0v) is 18.1. The van der Waals surface area contributed by atoms with Crippen molar-refractivity contribution in [1.29, 1.82) is 0 Å². The van der Waals surface area contributed by atoms with E-state index >= 15 is 0 Å². The number of rotatable bonds is 2. The first kappa shape index (κ1) is 21.2. The lowest BCUT2D eigenvalue weighted by Gasteiger charge is -2.32. The Kier molecular flexibility index (Phi) is 4.21. The molecule has 0 spiro atoms. The van der Waals surface area contributed by atoms with Gasteiger partial charge in [0.2, 0.25) is 0 Å². The fourth-order valence-corrected chi connectivity index (χ4v) is 3.53. The third-order valence-corrected chi connectivity index (χ3v) is 7.29. The Bertz CT molecular complexity index is 946. The molecule has 0 atom stereocenters. The molecular formula is C20H28N4O5. The summed E-state index contributed by atoms with van der Waals surface area (Å²) < 4.78 is 1.23. The molecule has 158 valence electrons. The largest absolute Gasteiger partial charge is 0.714 e. The monoisotopic (exact) mass is 404 g/mol. The lowest BCUT2D eigenvalue weighted by molar-refractivity contribution is -0.539. The minimum atomic E-state index is -1.06. The predicted molar refractivity (Wildman–Crippen MR) is 105 cm³/mol. The molecule has 0 unspecified atom stereocenters. The van der Waals surface area contributed by atoms with Crippen molar-refractivity contribution in [3.05, 3.63) is 39.7 Å². The van der Waals surface area contributed by atoms with E-state index in [0.29, 0.717) is 19.6 Å². The first-order chi connectivity index (χ1) is 13.0.